The van der Waals surface area contributed by atoms with Gasteiger partial charge in [0.1, 0.15) is 11.2 Å². The molecule has 0 spiro atoms. The topological polar surface area (TPSA) is 49.8 Å². The zero-order valence-electron chi connectivity index (χ0n) is 12.3. The van der Waals surface area contributed by atoms with Crippen molar-refractivity contribution in [1.82, 2.24) is 4.90 Å². The molecule has 4 nitrogen and oxygen atoms in total. The van der Waals surface area contributed by atoms with Gasteiger partial charge in [0.05, 0.1) is 13.1 Å². The van der Waals surface area contributed by atoms with E-state index in [1.54, 1.807) is 18.2 Å². The van der Waals surface area contributed by atoms with E-state index in [9.17, 15) is 9.90 Å². The maximum atomic E-state index is 11.8. The quantitative estimate of drug-likeness (QED) is 0.901. The lowest BCUT2D eigenvalue weighted by Crippen LogP contribution is -2.65. The van der Waals surface area contributed by atoms with Gasteiger partial charge in [-0.05, 0) is 44.5 Å². The Labute approximate surface area is 134 Å². The fourth-order valence-electron chi connectivity index (χ4n) is 2.26. The van der Waals surface area contributed by atoms with Crippen LogP contribution in [0.15, 0.2) is 18.2 Å². The Bertz CT molecular complexity index is 548. The van der Waals surface area contributed by atoms with Gasteiger partial charge >= 0.3 is 6.09 Å². The standard InChI is InChI=1S/C15H19Cl2NO3/c1-14(2,3)21-13(19)18-8-15(20,9-18)7-10-6-11(16)4-5-12(10)17/h4-6,20H,7-9H2,1-3H3. The molecule has 0 unspecified atom stereocenters. The molecule has 0 atom stereocenters. The van der Waals surface area contributed by atoms with Crippen molar-refractivity contribution in [3.8, 4) is 0 Å². The molecule has 0 aliphatic carbocycles. The molecule has 1 aliphatic rings. The number of carbonyl (C=O) groups is 1. The fraction of sp³-hybridized carbons (Fsp3) is 0.533. The maximum Gasteiger partial charge on any atom is 0.410 e. The molecule has 1 heterocycles. The smallest absolute Gasteiger partial charge is 0.410 e. The lowest BCUT2D eigenvalue weighted by Gasteiger charge is -2.46. The van der Waals surface area contributed by atoms with E-state index in [1.165, 1.54) is 4.90 Å². The molecular formula is C15H19Cl2NO3. The van der Waals surface area contributed by atoms with Gasteiger partial charge in [-0.1, -0.05) is 23.2 Å². The van der Waals surface area contributed by atoms with Crippen LogP contribution in [0, 0.1) is 0 Å². The summed E-state index contributed by atoms with van der Waals surface area (Å²) < 4.78 is 5.26. The third-order valence-electron chi connectivity index (χ3n) is 3.15. The van der Waals surface area contributed by atoms with Gasteiger partial charge in [0.25, 0.3) is 0 Å². The lowest BCUT2D eigenvalue weighted by molar-refractivity contribution is -0.0973. The summed E-state index contributed by atoms with van der Waals surface area (Å²) in [6, 6.07) is 5.14. The fourth-order valence-corrected chi connectivity index (χ4v) is 2.64. The first-order chi connectivity index (χ1) is 9.58. The molecule has 1 aliphatic heterocycles. The van der Waals surface area contributed by atoms with Gasteiger partial charge in [-0.15, -0.1) is 0 Å². The van der Waals surface area contributed by atoms with Crippen LogP contribution in [0.5, 0.6) is 0 Å². The monoisotopic (exact) mass is 331 g/mol. The Hall–Kier alpha value is -0.970. The molecule has 1 saturated heterocycles. The average molecular weight is 332 g/mol. The normalized spacial score (nSPS) is 17.3. The van der Waals surface area contributed by atoms with E-state index < -0.39 is 17.3 Å². The summed E-state index contributed by atoms with van der Waals surface area (Å²) in [4.78, 5) is 13.3. The number of carbonyl (C=O) groups excluding carboxylic acids is 1. The SMILES string of the molecule is CC(C)(C)OC(=O)N1CC(O)(Cc2cc(Cl)ccc2Cl)C1. The molecule has 1 aromatic rings. The molecule has 21 heavy (non-hydrogen) atoms. The molecule has 0 saturated carbocycles. The Morgan fingerprint density at radius 3 is 2.57 bits per heavy atom. The number of nitrogens with zero attached hydrogens (tertiary/aromatic N) is 1. The van der Waals surface area contributed by atoms with Crippen LogP contribution in [0.25, 0.3) is 0 Å². The third kappa shape index (κ3) is 4.25. The zero-order valence-corrected chi connectivity index (χ0v) is 13.8. The van der Waals surface area contributed by atoms with Crippen molar-refractivity contribution >= 4 is 29.3 Å². The van der Waals surface area contributed by atoms with Crippen LogP contribution >= 0.6 is 23.2 Å². The van der Waals surface area contributed by atoms with Gasteiger partial charge in [0.15, 0.2) is 0 Å². The first kappa shape index (κ1) is 16.4. The second-order valence-electron chi connectivity index (χ2n) is 6.47. The molecule has 0 radical (unpaired) electrons. The minimum absolute atomic E-state index is 0.227. The largest absolute Gasteiger partial charge is 0.444 e. The van der Waals surface area contributed by atoms with Crippen LogP contribution in [0.1, 0.15) is 26.3 Å². The summed E-state index contributed by atoms with van der Waals surface area (Å²) in [5.74, 6) is 0. The Morgan fingerprint density at radius 1 is 1.38 bits per heavy atom. The molecule has 1 N–H and O–H groups in total. The van der Waals surface area contributed by atoms with Crippen LogP contribution in [-0.4, -0.2) is 40.4 Å². The van der Waals surface area contributed by atoms with Gasteiger partial charge in [-0.25, -0.2) is 4.79 Å². The summed E-state index contributed by atoms with van der Waals surface area (Å²) in [6.45, 7) is 5.88. The second-order valence-corrected chi connectivity index (χ2v) is 7.32. The van der Waals surface area contributed by atoms with Crippen LogP contribution in [0.4, 0.5) is 4.79 Å². The van der Waals surface area contributed by atoms with Crippen molar-refractivity contribution in [2.45, 2.75) is 38.4 Å². The van der Waals surface area contributed by atoms with E-state index in [4.69, 9.17) is 27.9 Å². The predicted molar refractivity (Wildman–Crippen MR) is 82.9 cm³/mol. The molecule has 6 heteroatoms. The molecule has 1 aromatic carbocycles. The summed E-state index contributed by atoms with van der Waals surface area (Å²) >= 11 is 12.0. The van der Waals surface area contributed by atoms with Crippen molar-refractivity contribution in [2.24, 2.45) is 0 Å². The van der Waals surface area contributed by atoms with Crippen molar-refractivity contribution in [3.63, 3.8) is 0 Å². The number of hydrogen-bond acceptors (Lipinski definition) is 3. The predicted octanol–water partition coefficient (Wildman–Crippen LogP) is 3.52. The number of rotatable bonds is 2. The van der Waals surface area contributed by atoms with Crippen molar-refractivity contribution in [2.75, 3.05) is 13.1 Å². The van der Waals surface area contributed by atoms with Gasteiger partial charge in [0, 0.05) is 16.5 Å². The van der Waals surface area contributed by atoms with Crippen LogP contribution in [0.2, 0.25) is 10.0 Å². The number of aliphatic hydroxyl groups is 1. The van der Waals surface area contributed by atoms with Gasteiger partial charge in [-0.3, -0.25) is 0 Å². The molecule has 116 valence electrons. The van der Waals surface area contributed by atoms with Crippen LogP contribution in [-0.2, 0) is 11.2 Å². The summed E-state index contributed by atoms with van der Waals surface area (Å²) in [7, 11) is 0. The highest BCUT2D eigenvalue weighted by Crippen LogP contribution is 2.30. The van der Waals surface area contributed by atoms with Crippen LogP contribution in [0.3, 0.4) is 0 Å². The van der Waals surface area contributed by atoms with E-state index in [0.717, 1.165) is 5.56 Å². The first-order valence-corrected chi connectivity index (χ1v) is 7.48. The third-order valence-corrected chi connectivity index (χ3v) is 3.75. The highest BCUT2D eigenvalue weighted by Gasteiger charge is 2.45. The van der Waals surface area contributed by atoms with Crippen molar-refractivity contribution in [1.29, 1.82) is 0 Å². The van der Waals surface area contributed by atoms with E-state index in [2.05, 4.69) is 0 Å². The number of likely N-dealkylation sites (tertiary alicyclic amines) is 1. The highest BCUT2D eigenvalue weighted by molar-refractivity contribution is 6.33. The molecule has 2 rings (SSSR count). The van der Waals surface area contributed by atoms with Gasteiger partial charge < -0.3 is 14.7 Å². The Morgan fingerprint density at radius 2 is 2.00 bits per heavy atom. The lowest BCUT2D eigenvalue weighted by atomic mass is 9.87. The maximum absolute atomic E-state index is 11.8. The average Bonchev–Trinajstić information content (AvgIpc) is 2.28. The molecule has 1 fully saturated rings. The summed E-state index contributed by atoms with van der Waals surface area (Å²) in [5, 5.41) is 11.6. The molecule has 1 amide bonds. The summed E-state index contributed by atoms with van der Waals surface area (Å²) in [5.41, 5.74) is -0.748. The number of benzene rings is 1. The number of halogens is 2. The minimum Gasteiger partial charge on any atom is -0.444 e. The number of amides is 1. The van der Waals surface area contributed by atoms with Gasteiger partial charge in [0.2, 0.25) is 0 Å². The van der Waals surface area contributed by atoms with E-state index in [-0.39, 0.29) is 13.1 Å². The molecule has 0 aromatic heterocycles. The summed E-state index contributed by atoms with van der Waals surface area (Å²) in [6.07, 6.45) is -0.0598. The van der Waals surface area contributed by atoms with E-state index in [0.29, 0.717) is 16.5 Å². The van der Waals surface area contributed by atoms with E-state index in [1.807, 2.05) is 20.8 Å². The number of β-amino-alcohol motifs (C(OH)–C–C–N with tert-alkyl or cyclic N) is 1. The Kier molecular flexibility index (Phi) is 4.43. The highest BCUT2D eigenvalue weighted by atomic mass is 35.5. The van der Waals surface area contributed by atoms with Crippen molar-refractivity contribution < 1.29 is 14.6 Å². The Balaban J connectivity index is 1.95. The number of ether oxygens (including phenoxy) is 1. The zero-order chi connectivity index (χ0) is 15.8. The molecular weight excluding hydrogens is 313 g/mol. The number of hydrogen-bond donors (Lipinski definition) is 1. The molecule has 0 bridgehead atoms. The minimum atomic E-state index is -0.981. The van der Waals surface area contributed by atoms with Crippen molar-refractivity contribution in [3.05, 3.63) is 33.8 Å². The van der Waals surface area contributed by atoms with E-state index >= 15 is 0 Å². The van der Waals surface area contributed by atoms with Crippen LogP contribution < -0.4 is 0 Å². The first-order valence-electron chi connectivity index (χ1n) is 6.72. The van der Waals surface area contributed by atoms with Gasteiger partial charge in [-0.2, -0.15) is 0 Å². The second kappa shape index (κ2) is 5.67.